The molecule has 0 spiro atoms. The summed E-state index contributed by atoms with van der Waals surface area (Å²) in [5.74, 6) is 0.209. The second kappa shape index (κ2) is 11.4. The van der Waals surface area contributed by atoms with E-state index in [9.17, 15) is 13.2 Å². The average molecular weight is 466 g/mol. The minimum Gasteiger partial charge on any atom is -0.494 e. The van der Waals surface area contributed by atoms with Crippen molar-refractivity contribution in [3.63, 3.8) is 0 Å². The second-order valence-electron chi connectivity index (χ2n) is 7.37. The van der Waals surface area contributed by atoms with Crippen LogP contribution in [-0.2, 0) is 21.4 Å². The first-order valence-corrected chi connectivity index (χ1v) is 12.0. The average Bonchev–Trinajstić information content (AvgIpc) is 2.82. The van der Waals surface area contributed by atoms with Crippen LogP contribution >= 0.6 is 0 Å². The quantitative estimate of drug-likeness (QED) is 0.365. The van der Waals surface area contributed by atoms with Crippen LogP contribution in [0.4, 0.5) is 0 Å². The third-order valence-electron chi connectivity index (χ3n) is 4.77. The fourth-order valence-electron chi connectivity index (χ4n) is 3.06. The van der Waals surface area contributed by atoms with Gasteiger partial charge in [0.25, 0.3) is 5.91 Å². The predicted molar refractivity (Wildman–Crippen MR) is 129 cm³/mol. The monoisotopic (exact) mass is 465 g/mol. The number of amides is 1. The zero-order valence-corrected chi connectivity index (χ0v) is 19.5. The third kappa shape index (κ3) is 7.00. The summed E-state index contributed by atoms with van der Waals surface area (Å²) in [6, 6.07) is 22.8. The van der Waals surface area contributed by atoms with E-state index in [-0.39, 0.29) is 18.0 Å². The molecule has 0 atom stereocenters. The van der Waals surface area contributed by atoms with Crippen LogP contribution in [-0.4, -0.2) is 38.0 Å². The molecule has 3 rings (SSSR count). The lowest BCUT2D eigenvalue weighted by atomic mass is 10.1. The number of benzene rings is 3. The number of nitrogens with one attached hydrogen (secondary N) is 1. The van der Waals surface area contributed by atoms with E-state index in [0.717, 1.165) is 26.7 Å². The highest BCUT2D eigenvalue weighted by molar-refractivity contribution is 7.89. The minimum atomic E-state index is -3.89. The molecule has 1 N–H and O–H groups in total. The maximum atomic E-state index is 13.2. The molecule has 0 aliphatic rings. The van der Waals surface area contributed by atoms with Gasteiger partial charge in [0.1, 0.15) is 5.75 Å². The Balaban J connectivity index is 1.72. The Morgan fingerprint density at radius 3 is 2.30 bits per heavy atom. The van der Waals surface area contributed by atoms with E-state index >= 15 is 0 Å². The Labute approximate surface area is 194 Å². The Kier molecular flexibility index (Phi) is 8.34. The molecule has 8 heteroatoms. The standard InChI is InChI=1S/C25H27N3O4S/c1-3-32-23-15-13-21(14-16-23)17-26-27-25(29)19-28(18-22-11-9-20(2)10-12-22)33(30,31)24-7-5-4-6-8-24/h4-17H,3,18-19H2,1-2H3,(H,27,29)/b26-17+. The van der Waals surface area contributed by atoms with Gasteiger partial charge in [-0.25, -0.2) is 13.8 Å². The molecule has 0 aliphatic heterocycles. The highest BCUT2D eigenvalue weighted by Crippen LogP contribution is 2.18. The first kappa shape index (κ1) is 24.2. The van der Waals surface area contributed by atoms with Crippen molar-refractivity contribution < 1.29 is 17.9 Å². The maximum absolute atomic E-state index is 13.2. The Morgan fingerprint density at radius 2 is 1.67 bits per heavy atom. The van der Waals surface area contributed by atoms with Crippen LogP contribution in [0.15, 0.2) is 88.9 Å². The summed E-state index contributed by atoms with van der Waals surface area (Å²) in [6.45, 7) is 4.14. The third-order valence-corrected chi connectivity index (χ3v) is 6.58. The van der Waals surface area contributed by atoms with E-state index in [1.54, 1.807) is 18.2 Å². The van der Waals surface area contributed by atoms with Gasteiger partial charge in [-0.1, -0.05) is 48.0 Å². The maximum Gasteiger partial charge on any atom is 0.255 e. The van der Waals surface area contributed by atoms with E-state index in [1.165, 1.54) is 18.3 Å². The van der Waals surface area contributed by atoms with Crippen LogP contribution in [0.5, 0.6) is 5.75 Å². The summed E-state index contributed by atoms with van der Waals surface area (Å²) < 4.78 is 33.0. The summed E-state index contributed by atoms with van der Waals surface area (Å²) in [5, 5.41) is 3.96. The van der Waals surface area contributed by atoms with Gasteiger partial charge in [-0.2, -0.15) is 9.41 Å². The van der Waals surface area contributed by atoms with Crippen LogP contribution in [0.25, 0.3) is 0 Å². The van der Waals surface area contributed by atoms with Gasteiger partial charge in [-0.15, -0.1) is 0 Å². The SMILES string of the molecule is CCOc1ccc(/C=N/NC(=O)CN(Cc2ccc(C)cc2)S(=O)(=O)c2ccccc2)cc1. The molecule has 33 heavy (non-hydrogen) atoms. The summed E-state index contributed by atoms with van der Waals surface area (Å²) in [7, 11) is -3.89. The van der Waals surface area contributed by atoms with E-state index in [0.29, 0.717) is 6.61 Å². The van der Waals surface area contributed by atoms with E-state index < -0.39 is 15.9 Å². The molecule has 0 aromatic heterocycles. The Morgan fingerprint density at radius 1 is 1.00 bits per heavy atom. The van der Waals surface area contributed by atoms with Crippen LogP contribution < -0.4 is 10.2 Å². The molecule has 3 aromatic carbocycles. The van der Waals surface area contributed by atoms with E-state index in [4.69, 9.17) is 4.74 Å². The van der Waals surface area contributed by atoms with Crippen LogP contribution in [0, 0.1) is 6.92 Å². The van der Waals surface area contributed by atoms with Crippen molar-refractivity contribution in [2.45, 2.75) is 25.3 Å². The van der Waals surface area contributed by atoms with Crippen LogP contribution in [0.3, 0.4) is 0 Å². The number of hydrazone groups is 1. The molecule has 7 nitrogen and oxygen atoms in total. The largest absolute Gasteiger partial charge is 0.494 e. The number of sulfonamides is 1. The van der Waals surface area contributed by atoms with Crippen molar-refractivity contribution in [1.29, 1.82) is 0 Å². The molecule has 1 amide bonds. The fraction of sp³-hybridized carbons (Fsp3) is 0.200. The van der Waals surface area contributed by atoms with Crippen molar-refractivity contribution in [3.8, 4) is 5.75 Å². The van der Waals surface area contributed by atoms with Gasteiger partial charge in [-0.05, 0) is 61.4 Å². The van der Waals surface area contributed by atoms with E-state index in [2.05, 4.69) is 10.5 Å². The minimum absolute atomic E-state index is 0.0630. The predicted octanol–water partition coefficient (Wildman–Crippen LogP) is 3.73. The number of hydrogen-bond acceptors (Lipinski definition) is 5. The molecule has 0 saturated carbocycles. The molecule has 172 valence electrons. The zero-order chi connectivity index (χ0) is 23.7. The number of carbonyl (C=O) groups excluding carboxylic acids is 1. The van der Waals surface area contributed by atoms with Crippen molar-refractivity contribution in [2.24, 2.45) is 5.10 Å². The normalized spacial score (nSPS) is 11.6. The lowest BCUT2D eigenvalue weighted by Gasteiger charge is -2.21. The molecule has 0 unspecified atom stereocenters. The summed E-state index contributed by atoms with van der Waals surface area (Å²) in [6.07, 6.45) is 1.49. The highest BCUT2D eigenvalue weighted by Gasteiger charge is 2.26. The van der Waals surface area contributed by atoms with E-state index in [1.807, 2.05) is 62.4 Å². The molecular formula is C25H27N3O4S. The molecule has 0 aliphatic carbocycles. The fourth-order valence-corrected chi connectivity index (χ4v) is 4.46. The van der Waals surface area contributed by atoms with Gasteiger partial charge < -0.3 is 4.74 Å². The second-order valence-corrected chi connectivity index (χ2v) is 9.30. The highest BCUT2D eigenvalue weighted by atomic mass is 32.2. The van der Waals surface area contributed by atoms with Gasteiger partial charge in [0.05, 0.1) is 24.3 Å². The molecular weight excluding hydrogens is 438 g/mol. The number of hydrogen-bond donors (Lipinski definition) is 1. The van der Waals surface area contributed by atoms with Gasteiger partial charge in [0.15, 0.2) is 0 Å². The molecule has 0 saturated heterocycles. The van der Waals surface area contributed by atoms with Crippen molar-refractivity contribution in [1.82, 2.24) is 9.73 Å². The Hall–Kier alpha value is -3.49. The molecule has 0 heterocycles. The Bertz CT molecular complexity index is 1180. The van der Waals surface area contributed by atoms with Crippen molar-refractivity contribution in [3.05, 3.63) is 95.6 Å². The molecule has 3 aromatic rings. The summed E-state index contributed by atoms with van der Waals surface area (Å²) >= 11 is 0. The zero-order valence-electron chi connectivity index (χ0n) is 18.6. The number of ether oxygens (including phenoxy) is 1. The van der Waals surface area contributed by atoms with Gasteiger partial charge in [0, 0.05) is 6.54 Å². The van der Waals surface area contributed by atoms with Crippen molar-refractivity contribution >= 4 is 22.1 Å². The number of rotatable bonds is 10. The first-order chi connectivity index (χ1) is 15.9. The van der Waals surface area contributed by atoms with Gasteiger partial charge in [-0.3, -0.25) is 4.79 Å². The van der Waals surface area contributed by atoms with Crippen LogP contribution in [0.1, 0.15) is 23.6 Å². The number of carbonyl (C=O) groups is 1. The van der Waals surface area contributed by atoms with Gasteiger partial charge >= 0.3 is 0 Å². The summed E-state index contributed by atoms with van der Waals surface area (Å²) in [5.41, 5.74) is 5.03. The molecule has 0 radical (unpaired) electrons. The van der Waals surface area contributed by atoms with Gasteiger partial charge in [0.2, 0.25) is 10.0 Å². The van der Waals surface area contributed by atoms with Crippen molar-refractivity contribution in [2.75, 3.05) is 13.2 Å². The number of aryl methyl sites for hydroxylation is 1. The first-order valence-electron chi connectivity index (χ1n) is 10.5. The lowest BCUT2D eigenvalue weighted by Crippen LogP contribution is -2.39. The smallest absolute Gasteiger partial charge is 0.255 e. The van der Waals surface area contributed by atoms with Crippen LogP contribution in [0.2, 0.25) is 0 Å². The lowest BCUT2D eigenvalue weighted by molar-refractivity contribution is -0.121. The molecule has 0 bridgehead atoms. The summed E-state index contributed by atoms with van der Waals surface area (Å²) in [4.78, 5) is 12.7. The topological polar surface area (TPSA) is 88.1 Å². The molecule has 0 fully saturated rings. The number of nitrogens with zero attached hydrogens (tertiary/aromatic N) is 2.